The molecule has 1 atom stereocenters. The van der Waals surface area contributed by atoms with Gasteiger partial charge in [-0.1, -0.05) is 13.0 Å². The van der Waals surface area contributed by atoms with Gasteiger partial charge in [0.15, 0.2) is 0 Å². The average molecular weight is 347 g/mol. The van der Waals surface area contributed by atoms with Gasteiger partial charge in [0.05, 0.1) is 0 Å². The molecule has 4 nitrogen and oxygen atoms in total. The fourth-order valence-electron chi connectivity index (χ4n) is 1.25. The summed E-state index contributed by atoms with van der Waals surface area (Å²) in [7, 11) is 0. The Kier molecular flexibility index (Phi) is 4.50. The van der Waals surface area contributed by atoms with Gasteiger partial charge in [-0.25, -0.2) is 4.79 Å². The molecule has 0 spiro atoms. The van der Waals surface area contributed by atoms with Crippen LogP contribution in [0.5, 0.6) is 0 Å². The maximum Gasteiger partial charge on any atom is 0.329 e. The van der Waals surface area contributed by atoms with Crippen LogP contribution in [0.1, 0.15) is 30.6 Å². The Hall–Kier alpha value is -1.11. The second kappa shape index (κ2) is 5.48. The molecule has 0 heterocycles. The van der Waals surface area contributed by atoms with E-state index >= 15 is 0 Å². The first kappa shape index (κ1) is 14.0. The van der Waals surface area contributed by atoms with Gasteiger partial charge in [0.25, 0.3) is 5.91 Å². The lowest BCUT2D eigenvalue weighted by Gasteiger charge is -2.24. The summed E-state index contributed by atoms with van der Waals surface area (Å²) in [4.78, 5) is 23.0. The normalized spacial score (nSPS) is 13.8. The quantitative estimate of drug-likeness (QED) is 0.822. The van der Waals surface area contributed by atoms with Crippen molar-refractivity contribution in [3.63, 3.8) is 0 Å². The molecule has 0 bridgehead atoms. The fraction of sp³-hybridized carbons (Fsp3) is 0.333. The molecule has 0 aliphatic heterocycles. The molecule has 5 heteroatoms. The number of carbonyl (C=O) groups excluding carboxylic acids is 1. The summed E-state index contributed by atoms with van der Waals surface area (Å²) in [5.74, 6) is -1.39. The number of carboxylic acid groups (broad SMARTS) is 1. The highest BCUT2D eigenvalue weighted by atomic mass is 127. The fourth-order valence-corrected chi connectivity index (χ4v) is 1.79. The van der Waals surface area contributed by atoms with E-state index in [1.807, 2.05) is 6.07 Å². The third-order valence-corrected chi connectivity index (χ3v) is 3.33. The maximum absolute atomic E-state index is 11.9. The summed E-state index contributed by atoms with van der Waals surface area (Å²) in [6.07, 6.45) is 0.331. The molecule has 1 amide bonds. The predicted octanol–water partition coefficient (Wildman–Crippen LogP) is 2.27. The van der Waals surface area contributed by atoms with Gasteiger partial charge in [0, 0.05) is 9.13 Å². The zero-order chi connectivity index (χ0) is 13.1. The first-order chi connectivity index (χ1) is 7.89. The first-order valence-corrected chi connectivity index (χ1v) is 6.28. The predicted molar refractivity (Wildman–Crippen MR) is 73.0 cm³/mol. The first-order valence-electron chi connectivity index (χ1n) is 5.20. The van der Waals surface area contributed by atoms with Crippen molar-refractivity contribution in [2.45, 2.75) is 25.8 Å². The van der Waals surface area contributed by atoms with Gasteiger partial charge in [-0.15, -0.1) is 0 Å². The van der Waals surface area contributed by atoms with Crippen LogP contribution in [0.25, 0.3) is 0 Å². The van der Waals surface area contributed by atoms with Crippen molar-refractivity contribution in [2.24, 2.45) is 0 Å². The summed E-state index contributed by atoms with van der Waals surface area (Å²) in [5.41, 5.74) is -0.754. The van der Waals surface area contributed by atoms with Gasteiger partial charge in [0.1, 0.15) is 5.54 Å². The van der Waals surface area contributed by atoms with Crippen LogP contribution in [0, 0.1) is 3.57 Å². The van der Waals surface area contributed by atoms with Crippen molar-refractivity contribution < 1.29 is 14.7 Å². The van der Waals surface area contributed by atoms with Crippen molar-refractivity contribution >= 4 is 34.5 Å². The number of halogens is 1. The standard InChI is InChI=1S/C12H14INO3/c1-3-12(2,11(16)17)14-10(15)8-5-4-6-9(13)7-8/h4-7H,3H2,1-2H3,(H,14,15)(H,16,17). The number of aliphatic carboxylic acids is 1. The summed E-state index contributed by atoms with van der Waals surface area (Å²) < 4.78 is 0.934. The van der Waals surface area contributed by atoms with Gasteiger partial charge >= 0.3 is 5.97 Å². The van der Waals surface area contributed by atoms with Crippen molar-refractivity contribution in [1.82, 2.24) is 5.32 Å². The van der Waals surface area contributed by atoms with Crippen LogP contribution in [0.4, 0.5) is 0 Å². The highest BCUT2D eigenvalue weighted by molar-refractivity contribution is 14.1. The minimum Gasteiger partial charge on any atom is -0.480 e. The van der Waals surface area contributed by atoms with E-state index in [2.05, 4.69) is 27.9 Å². The molecule has 0 aliphatic rings. The van der Waals surface area contributed by atoms with Gasteiger partial charge in [-0.3, -0.25) is 4.79 Å². The average Bonchev–Trinajstić information content (AvgIpc) is 2.28. The van der Waals surface area contributed by atoms with Crippen LogP contribution in [0.3, 0.4) is 0 Å². The Morgan fingerprint density at radius 3 is 2.59 bits per heavy atom. The molecular weight excluding hydrogens is 333 g/mol. The van der Waals surface area contributed by atoms with Crippen molar-refractivity contribution in [1.29, 1.82) is 0 Å². The minimum absolute atomic E-state index is 0.331. The smallest absolute Gasteiger partial charge is 0.329 e. The number of carbonyl (C=O) groups is 2. The van der Waals surface area contributed by atoms with Gasteiger partial charge in [-0.05, 0) is 54.1 Å². The highest BCUT2D eigenvalue weighted by Crippen LogP contribution is 2.13. The van der Waals surface area contributed by atoms with E-state index in [0.29, 0.717) is 12.0 Å². The number of rotatable bonds is 4. The van der Waals surface area contributed by atoms with E-state index < -0.39 is 11.5 Å². The Labute approximate surface area is 114 Å². The van der Waals surface area contributed by atoms with Crippen LogP contribution in [0.15, 0.2) is 24.3 Å². The molecular formula is C12H14INO3. The van der Waals surface area contributed by atoms with Crippen LogP contribution < -0.4 is 5.32 Å². The lowest BCUT2D eigenvalue weighted by atomic mass is 9.98. The largest absolute Gasteiger partial charge is 0.480 e. The lowest BCUT2D eigenvalue weighted by molar-refractivity contribution is -0.143. The topological polar surface area (TPSA) is 66.4 Å². The molecule has 0 fully saturated rings. The number of hydrogen-bond donors (Lipinski definition) is 2. The van der Waals surface area contributed by atoms with Crippen LogP contribution in [0.2, 0.25) is 0 Å². The maximum atomic E-state index is 11.9. The molecule has 2 N–H and O–H groups in total. The van der Waals surface area contributed by atoms with Crippen LogP contribution >= 0.6 is 22.6 Å². The summed E-state index contributed by atoms with van der Waals surface area (Å²) in [6, 6.07) is 7.01. The van der Waals surface area contributed by atoms with Gasteiger partial charge in [-0.2, -0.15) is 0 Å². The minimum atomic E-state index is -1.22. The molecule has 0 aromatic heterocycles. The molecule has 0 radical (unpaired) electrons. The van der Waals surface area contributed by atoms with Gasteiger partial charge in [0.2, 0.25) is 0 Å². The third-order valence-electron chi connectivity index (χ3n) is 2.66. The second-order valence-corrected chi connectivity index (χ2v) is 5.20. The zero-order valence-electron chi connectivity index (χ0n) is 9.66. The Morgan fingerprint density at radius 2 is 2.12 bits per heavy atom. The Bertz CT molecular complexity index is 447. The Morgan fingerprint density at radius 1 is 1.47 bits per heavy atom. The van der Waals surface area contributed by atoms with Crippen LogP contribution in [-0.4, -0.2) is 22.5 Å². The lowest BCUT2D eigenvalue weighted by Crippen LogP contribution is -2.51. The monoisotopic (exact) mass is 347 g/mol. The number of amides is 1. The van der Waals surface area contributed by atoms with Crippen molar-refractivity contribution in [3.05, 3.63) is 33.4 Å². The van der Waals surface area contributed by atoms with E-state index in [4.69, 9.17) is 5.11 Å². The SMILES string of the molecule is CCC(C)(NC(=O)c1cccc(I)c1)C(=O)O. The molecule has 1 rings (SSSR count). The number of nitrogens with one attached hydrogen (secondary N) is 1. The highest BCUT2D eigenvalue weighted by Gasteiger charge is 2.32. The molecule has 0 saturated heterocycles. The number of hydrogen-bond acceptors (Lipinski definition) is 2. The molecule has 17 heavy (non-hydrogen) atoms. The van der Waals surface area contributed by atoms with E-state index in [9.17, 15) is 9.59 Å². The molecule has 0 saturated carbocycles. The molecule has 92 valence electrons. The van der Waals surface area contributed by atoms with Crippen molar-refractivity contribution in [3.8, 4) is 0 Å². The molecule has 1 aromatic rings. The van der Waals surface area contributed by atoms with Crippen molar-refractivity contribution in [2.75, 3.05) is 0 Å². The summed E-state index contributed by atoms with van der Waals surface area (Å²) in [5, 5.41) is 11.6. The molecule has 1 unspecified atom stereocenters. The third kappa shape index (κ3) is 3.42. The number of carboxylic acids is 1. The molecule has 1 aromatic carbocycles. The number of benzene rings is 1. The zero-order valence-corrected chi connectivity index (χ0v) is 11.8. The van der Waals surface area contributed by atoms with E-state index in [1.165, 1.54) is 6.92 Å². The van der Waals surface area contributed by atoms with Crippen LogP contribution in [-0.2, 0) is 4.79 Å². The van der Waals surface area contributed by atoms with E-state index in [0.717, 1.165) is 3.57 Å². The van der Waals surface area contributed by atoms with E-state index in [-0.39, 0.29) is 5.91 Å². The Balaban J connectivity index is 2.89. The van der Waals surface area contributed by atoms with Gasteiger partial charge < -0.3 is 10.4 Å². The molecule has 0 aliphatic carbocycles. The second-order valence-electron chi connectivity index (χ2n) is 3.96. The summed E-state index contributed by atoms with van der Waals surface area (Å²) >= 11 is 2.10. The van der Waals surface area contributed by atoms with E-state index in [1.54, 1.807) is 25.1 Å². The summed E-state index contributed by atoms with van der Waals surface area (Å²) in [6.45, 7) is 3.23.